The summed E-state index contributed by atoms with van der Waals surface area (Å²) in [5.41, 5.74) is 2.48. The van der Waals surface area contributed by atoms with E-state index in [1.807, 2.05) is 24.3 Å². The molecule has 0 spiro atoms. The summed E-state index contributed by atoms with van der Waals surface area (Å²) >= 11 is 0. The molecule has 2 aromatic carbocycles. The van der Waals surface area contributed by atoms with Crippen molar-refractivity contribution in [3.63, 3.8) is 0 Å². The van der Waals surface area contributed by atoms with Crippen LogP contribution in [0, 0.1) is 12.7 Å². The number of rotatable bonds is 6. The maximum atomic E-state index is 13.0. The Balaban J connectivity index is 1.82. The molecule has 0 atom stereocenters. The second-order valence-corrected chi connectivity index (χ2v) is 4.94. The van der Waals surface area contributed by atoms with Gasteiger partial charge in [-0.05, 0) is 48.4 Å². The SMILES string of the molecule is COc1cccc(CNC(=O)CNc2ccc(F)cc2C)c1. The van der Waals surface area contributed by atoms with Crippen molar-refractivity contribution in [2.24, 2.45) is 0 Å². The molecule has 0 saturated carbocycles. The quantitative estimate of drug-likeness (QED) is 0.862. The van der Waals surface area contributed by atoms with Gasteiger partial charge >= 0.3 is 0 Å². The van der Waals surface area contributed by atoms with Crippen molar-refractivity contribution in [3.8, 4) is 5.75 Å². The van der Waals surface area contributed by atoms with E-state index < -0.39 is 0 Å². The Kier molecular flexibility index (Phi) is 5.36. The van der Waals surface area contributed by atoms with Gasteiger partial charge in [-0.3, -0.25) is 4.79 Å². The summed E-state index contributed by atoms with van der Waals surface area (Å²) < 4.78 is 18.1. The highest BCUT2D eigenvalue weighted by Gasteiger charge is 2.04. The number of amides is 1. The van der Waals surface area contributed by atoms with Gasteiger partial charge in [0.15, 0.2) is 0 Å². The third-order valence-electron chi connectivity index (χ3n) is 3.25. The molecule has 0 heterocycles. The van der Waals surface area contributed by atoms with Crippen LogP contribution in [0.15, 0.2) is 42.5 Å². The number of nitrogens with one attached hydrogen (secondary N) is 2. The summed E-state index contributed by atoms with van der Waals surface area (Å²) in [5.74, 6) is 0.337. The lowest BCUT2D eigenvalue weighted by molar-refractivity contribution is -0.119. The minimum absolute atomic E-state index is 0.133. The number of aryl methyl sites for hydroxylation is 1. The number of hydrogen-bond acceptors (Lipinski definition) is 3. The Morgan fingerprint density at radius 1 is 1.23 bits per heavy atom. The van der Waals surface area contributed by atoms with Gasteiger partial charge in [-0.25, -0.2) is 4.39 Å². The van der Waals surface area contributed by atoms with E-state index in [1.54, 1.807) is 20.1 Å². The minimum Gasteiger partial charge on any atom is -0.497 e. The summed E-state index contributed by atoms with van der Waals surface area (Å²) in [4.78, 5) is 11.8. The molecule has 1 amide bonds. The number of benzene rings is 2. The Morgan fingerprint density at radius 2 is 2.05 bits per heavy atom. The Labute approximate surface area is 129 Å². The third kappa shape index (κ3) is 4.48. The van der Waals surface area contributed by atoms with Gasteiger partial charge in [0, 0.05) is 12.2 Å². The van der Waals surface area contributed by atoms with Crippen molar-refractivity contribution in [2.45, 2.75) is 13.5 Å². The second kappa shape index (κ2) is 7.45. The van der Waals surface area contributed by atoms with E-state index in [0.29, 0.717) is 6.54 Å². The van der Waals surface area contributed by atoms with Crippen molar-refractivity contribution >= 4 is 11.6 Å². The van der Waals surface area contributed by atoms with E-state index in [4.69, 9.17) is 4.74 Å². The molecule has 0 aliphatic rings. The molecule has 116 valence electrons. The summed E-state index contributed by atoms with van der Waals surface area (Å²) in [7, 11) is 1.60. The zero-order valence-corrected chi connectivity index (χ0v) is 12.7. The van der Waals surface area contributed by atoms with Crippen LogP contribution >= 0.6 is 0 Å². The first-order valence-corrected chi connectivity index (χ1v) is 6.98. The molecular formula is C17H19FN2O2. The first-order chi connectivity index (χ1) is 10.6. The average Bonchev–Trinajstić information content (AvgIpc) is 2.52. The number of methoxy groups -OCH3 is 1. The Bertz CT molecular complexity index is 659. The standard InChI is InChI=1S/C17H19FN2O2/c1-12-8-14(18)6-7-16(12)19-11-17(21)20-10-13-4-3-5-15(9-13)22-2/h3-9,19H,10-11H2,1-2H3,(H,20,21). The van der Waals surface area contributed by atoms with Crippen LogP contribution in [-0.4, -0.2) is 19.6 Å². The number of ether oxygens (including phenoxy) is 1. The number of carbonyl (C=O) groups is 1. The van der Waals surface area contributed by atoms with Crippen molar-refractivity contribution in [3.05, 3.63) is 59.4 Å². The van der Waals surface area contributed by atoms with Gasteiger partial charge in [-0.1, -0.05) is 12.1 Å². The molecule has 0 aliphatic heterocycles. The Morgan fingerprint density at radius 3 is 2.77 bits per heavy atom. The molecule has 0 bridgehead atoms. The lowest BCUT2D eigenvalue weighted by Gasteiger charge is -2.10. The predicted octanol–water partition coefficient (Wildman–Crippen LogP) is 2.87. The largest absolute Gasteiger partial charge is 0.497 e. The highest BCUT2D eigenvalue weighted by molar-refractivity contribution is 5.80. The predicted molar refractivity (Wildman–Crippen MR) is 84.5 cm³/mol. The van der Waals surface area contributed by atoms with Gasteiger partial charge in [0.2, 0.25) is 5.91 Å². The lowest BCUT2D eigenvalue weighted by Crippen LogP contribution is -2.29. The van der Waals surface area contributed by atoms with Crippen LogP contribution in [0.25, 0.3) is 0 Å². The fourth-order valence-electron chi connectivity index (χ4n) is 2.05. The van der Waals surface area contributed by atoms with Crippen LogP contribution in [0.2, 0.25) is 0 Å². The molecule has 0 radical (unpaired) electrons. The molecule has 5 heteroatoms. The Hall–Kier alpha value is -2.56. The van der Waals surface area contributed by atoms with E-state index >= 15 is 0 Å². The summed E-state index contributed by atoms with van der Waals surface area (Å²) in [6.07, 6.45) is 0. The first kappa shape index (κ1) is 15.8. The van der Waals surface area contributed by atoms with Crippen molar-refractivity contribution < 1.29 is 13.9 Å². The van der Waals surface area contributed by atoms with Gasteiger partial charge in [0.05, 0.1) is 13.7 Å². The topological polar surface area (TPSA) is 50.4 Å². The van der Waals surface area contributed by atoms with E-state index in [9.17, 15) is 9.18 Å². The number of halogens is 1. The molecule has 2 rings (SSSR count). The number of carbonyl (C=O) groups excluding carboxylic acids is 1. The normalized spacial score (nSPS) is 10.1. The van der Waals surface area contributed by atoms with E-state index in [0.717, 1.165) is 22.6 Å². The maximum Gasteiger partial charge on any atom is 0.239 e. The van der Waals surface area contributed by atoms with E-state index in [2.05, 4.69) is 10.6 Å². The van der Waals surface area contributed by atoms with Crippen molar-refractivity contribution in [1.82, 2.24) is 5.32 Å². The van der Waals surface area contributed by atoms with Crippen molar-refractivity contribution in [1.29, 1.82) is 0 Å². The maximum absolute atomic E-state index is 13.0. The first-order valence-electron chi connectivity index (χ1n) is 6.98. The fourth-order valence-corrected chi connectivity index (χ4v) is 2.05. The number of anilines is 1. The molecular weight excluding hydrogens is 283 g/mol. The molecule has 22 heavy (non-hydrogen) atoms. The van der Waals surface area contributed by atoms with Crippen molar-refractivity contribution in [2.75, 3.05) is 19.0 Å². The van der Waals surface area contributed by atoms with Crippen LogP contribution in [-0.2, 0) is 11.3 Å². The minimum atomic E-state index is -0.287. The van der Waals surface area contributed by atoms with Gasteiger partial charge in [0.25, 0.3) is 0 Å². The monoisotopic (exact) mass is 302 g/mol. The summed E-state index contributed by atoms with van der Waals surface area (Å²) in [6, 6.07) is 11.9. The molecule has 0 aliphatic carbocycles. The molecule has 0 saturated heterocycles. The van der Waals surface area contributed by atoms with Crippen LogP contribution in [0.3, 0.4) is 0 Å². The van der Waals surface area contributed by atoms with Crippen LogP contribution in [0.5, 0.6) is 5.75 Å². The fraction of sp³-hybridized carbons (Fsp3) is 0.235. The zero-order chi connectivity index (χ0) is 15.9. The zero-order valence-electron chi connectivity index (χ0n) is 12.7. The highest BCUT2D eigenvalue weighted by atomic mass is 19.1. The summed E-state index contributed by atoms with van der Waals surface area (Å²) in [6.45, 7) is 2.36. The molecule has 2 N–H and O–H groups in total. The van der Waals surface area contributed by atoms with Gasteiger partial charge < -0.3 is 15.4 Å². The van der Waals surface area contributed by atoms with E-state index in [1.165, 1.54) is 12.1 Å². The highest BCUT2D eigenvalue weighted by Crippen LogP contribution is 2.15. The lowest BCUT2D eigenvalue weighted by atomic mass is 10.2. The third-order valence-corrected chi connectivity index (χ3v) is 3.25. The van der Waals surface area contributed by atoms with Crippen LogP contribution in [0.1, 0.15) is 11.1 Å². The molecule has 0 fully saturated rings. The van der Waals surface area contributed by atoms with Crippen LogP contribution < -0.4 is 15.4 Å². The smallest absolute Gasteiger partial charge is 0.239 e. The molecule has 0 aromatic heterocycles. The van der Waals surface area contributed by atoms with Gasteiger partial charge in [-0.2, -0.15) is 0 Å². The average molecular weight is 302 g/mol. The molecule has 2 aromatic rings. The van der Waals surface area contributed by atoms with Crippen LogP contribution in [0.4, 0.5) is 10.1 Å². The second-order valence-electron chi connectivity index (χ2n) is 4.94. The van der Waals surface area contributed by atoms with Gasteiger partial charge in [0.1, 0.15) is 11.6 Å². The van der Waals surface area contributed by atoms with E-state index in [-0.39, 0.29) is 18.3 Å². The van der Waals surface area contributed by atoms with Gasteiger partial charge in [-0.15, -0.1) is 0 Å². The number of hydrogen-bond donors (Lipinski definition) is 2. The summed E-state index contributed by atoms with van der Waals surface area (Å²) in [5, 5.41) is 5.82. The molecule has 0 unspecified atom stereocenters. The molecule has 4 nitrogen and oxygen atoms in total.